The van der Waals surface area contributed by atoms with E-state index < -0.39 is 11.9 Å². The molecule has 1 aromatic heterocycles. The third-order valence-corrected chi connectivity index (χ3v) is 9.23. The summed E-state index contributed by atoms with van der Waals surface area (Å²) in [6, 6.07) is 24.2. The van der Waals surface area contributed by atoms with E-state index in [1.807, 2.05) is 59.5 Å². The van der Waals surface area contributed by atoms with E-state index in [9.17, 15) is 22.8 Å². The number of nitrogens with one attached hydrogen (secondary N) is 2. The van der Waals surface area contributed by atoms with Gasteiger partial charge in [0.05, 0.1) is 11.4 Å². The lowest BCUT2D eigenvalue weighted by atomic mass is 9.89. The van der Waals surface area contributed by atoms with Crippen LogP contribution in [0.4, 0.5) is 29.3 Å². The number of piperidine rings is 1. The van der Waals surface area contributed by atoms with Gasteiger partial charge in [-0.25, -0.2) is 4.79 Å². The second-order valence-corrected chi connectivity index (χ2v) is 12.4. The van der Waals surface area contributed by atoms with Crippen molar-refractivity contribution in [2.45, 2.75) is 38.4 Å². The second-order valence-electron chi connectivity index (χ2n) is 12.4. The van der Waals surface area contributed by atoms with E-state index in [0.717, 1.165) is 74.5 Å². The fourth-order valence-electron chi connectivity index (χ4n) is 6.35. The Hall–Kier alpha value is -5.17. The minimum atomic E-state index is -4.57. The highest BCUT2D eigenvalue weighted by Crippen LogP contribution is 2.33. The van der Waals surface area contributed by atoms with Gasteiger partial charge in [0.2, 0.25) is 5.88 Å². The number of alkyl halides is 3. The van der Waals surface area contributed by atoms with Gasteiger partial charge in [0, 0.05) is 57.4 Å². The SMILES string of the molecule is CCN1CCN(c2ccc(C(=O)N3CCC(c4ccc(Oc5ccc(C(F)(F)F)nn5)cc4)CC3)cc2NC(=O)NCc2ccccc2)CC1. The Morgan fingerprint density at radius 2 is 1.58 bits per heavy atom. The number of carbonyl (C=O) groups is 2. The van der Waals surface area contributed by atoms with Gasteiger partial charge >= 0.3 is 12.2 Å². The lowest BCUT2D eigenvalue weighted by Crippen LogP contribution is -2.46. The molecule has 3 heterocycles. The first-order valence-corrected chi connectivity index (χ1v) is 16.8. The Labute approximate surface area is 289 Å². The minimum absolute atomic E-state index is 0.0316. The number of likely N-dealkylation sites (tertiary alicyclic amines) is 1. The molecule has 0 aliphatic carbocycles. The van der Waals surface area contributed by atoms with Gasteiger partial charge in [0.15, 0.2) is 5.69 Å². The van der Waals surface area contributed by atoms with Gasteiger partial charge in [0.1, 0.15) is 5.75 Å². The molecule has 50 heavy (non-hydrogen) atoms. The molecule has 10 nitrogen and oxygen atoms in total. The molecule has 13 heteroatoms. The topological polar surface area (TPSA) is 103 Å². The first-order chi connectivity index (χ1) is 24.2. The molecule has 3 amide bonds. The van der Waals surface area contributed by atoms with Gasteiger partial charge in [-0.3, -0.25) is 4.79 Å². The molecule has 0 radical (unpaired) electrons. The summed E-state index contributed by atoms with van der Waals surface area (Å²) in [7, 11) is 0. The number of nitrogens with zero attached hydrogens (tertiary/aromatic N) is 5. The lowest BCUT2D eigenvalue weighted by molar-refractivity contribution is -0.141. The molecule has 0 atom stereocenters. The number of likely N-dealkylation sites (N-methyl/N-ethyl adjacent to an activating group) is 1. The Bertz CT molecular complexity index is 1740. The average molecular weight is 688 g/mol. The smallest absolute Gasteiger partial charge is 0.435 e. The van der Waals surface area contributed by atoms with Crippen LogP contribution in [0.1, 0.15) is 52.9 Å². The van der Waals surface area contributed by atoms with Crippen LogP contribution in [0, 0.1) is 0 Å². The van der Waals surface area contributed by atoms with E-state index in [4.69, 9.17) is 4.74 Å². The van der Waals surface area contributed by atoms with Gasteiger partial charge in [-0.15, -0.1) is 10.2 Å². The van der Waals surface area contributed by atoms with Crippen molar-refractivity contribution >= 4 is 23.3 Å². The molecule has 0 spiro atoms. The van der Waals surface area contributed by atoms with E-state index in [2.05, 4.69) is 37.6 Å². The summed E-state index contributed by atoms with van der Waals surface area (Å²) in [4.78, 5) is 33.3. The molecule has 2 fully saturated rings. The molecule has 4 aromatic rings. The van der Waals surface area contributed by atoms with Crippen LogP contribution in [0.3, 0.4) is 0 Å². The van der Waals surface area contributed by atoms with Crippen LogP contribution in [-0.2, 0) is 12.7 Å². The molecule has 6 rings (SSSR count). The predicted octanol–water partition coefficient (Wildman–Crippen LogP) is 6.77. The van der Waals surface area contributed by atoms with Crippen LogP contribution in [0.5, 0.6) is 11.6 Å². The van der Waals surface area contributed by atoms with E-state index >= 15 is 0 Å². The van der Waals surface area contributed by atoms with Crippen LogP contribution in [0.25, 0.3) is 0 Å². The summed E-state index contributed by atoms with van der Waals surface area (Å²) in [5, 5.41) is 12.7. The zero-order valence-corrected chi connectivity index (χ0v) is 27.8. The average Bonchev–Trinajstić information content (AvgIpc) is 3.14. The van der Waals surface area contributed by atoms with Crippen molar-refractivity contribution < 1.29 is 27.5 Å². The number of urea groups is 1. The maximum absolute atomic E-state index is 13.7. The monoisotopic (exact) mass is 687 g/mol. The van der Waals surface area contributed by atoms with Crippen molar-refractivity contribution in [3.63, 3.8) is 0 Å². The standard InChI is InChI=1S/C37H40F3N7O3/c1-2-45-20-22-46(23-21-45)32-13-10-29(24-31(32)42-36(49)41-25-26-6-4-3-5-7-26)35(48)47-18-16-28(17-19-47)27-8-11-30(12-9-27)50-34-15-14-33(43-44-34)37(38,39)40/h3-15,24,28H,2,16-23,25H2,1H3,(H2,41,42,49). The molecule has 3 aromatic carbocycles. The first-order valence-electron chi connectivity index (χ1n) is 16.8. The van der Waals surface area contributed by atoms with E-state index in [1.165, 1.54) is 0 Å². The molecule has 2 saturated heterocycles. The summed E-state index contributed by atoms with van der Waals surface area (Å²) < 4.78 is 43.9. The molecule has 0 unspecified atom stereocenters. The fourth-order valence-corrected chi connectivity index (χ4v) is 6.35. The van der Waals surface area contributed by atoms with Crippen molar-refractivity contribution in [2.75, 3.05) is 56.0 Å². The molecule has 0 bridgehead atoms. The number of halogens is 3. The number of amides is 3. The molecular formula is C37H40F3N7O3. The van der Waals surface area contributed by atoms with Crippen molar-refractivity contribution in [3.05, 3.63) is 107 Å². The number of benzene rings is 3. The van der Waals surface area contributed by atoms with Gasteiger partial charge < -0.3 is 30.1 Å². The number of hydrogen-bond donors (Lipinski definition) is 2. The Morgan fingerprint density at radius 3 is 2.22 bits per heavy atom. The second kappa shape index (κ2) is 15.6. The van der Waals surface area contributed by atoms with Crippen molar-refractivity contribution in [1.29, 1.82) is 0 Å². The zero-order chi connectivity index (χ0) is 35.1. The van der Waals surface area contributed by atoms with Gasteiger partial charge in [-0.05, 0) is 72.8 Å². The highest BCUT2D eigenvalue weighted by Gasteiger charge is 2.33. The summed E-state index contributed by atoms with van der Waals surface area (Å²) in [6.07, 6.45) is -3.03. The predicted molar refractivity (Wildman–Crippen MR) is 184 cm³/mol. The third kappa shape index (κ3) is 8.70. The zero-order valence-electron chi connectivity index (χ0n) is 27.8. The van der Waals surface area contributed by atoms with E-state index in [0.29, 0.717) is 36.6 Å². The Morgan fingerprint density at radius 1 is 0.860 bits per heavy atom. The molecule has 262 valence electrons. The van der Waals surface area contributed by atoms with Crippen molar-refractivity contribution in [1.82, 2.24) is 25.3 Å². The number of ether oxygens (including phenoxy) is 1. The Balaban J connectivity index is 1.08. The molecule has 2 N–H and O–H groups in total. The molecule has 2 aliphatic heterocycles. The summed E-state index contributed by atoms with van der Waals surface area (Å²) >= 11 is 0. The van der Waals surface area contributed by atoms with E-state index in [-0.39, 0.29) is 23.7 Å². The fraction of sp³-hybridized carbons (Fsp3) is 0.351. The summed E-state index contributed by atoms with van der Waals surface area (Å²) in [5.74, 6) is 0.550. The van der Waals surface area contributed by atoms with Crippen LogP contribution in [0.2, 0.25) is 0 Å². The maximum atomic E-state index is 13.7. The van der Waals surface area contributed by atoms with E-state index in [1.54, 1.807) is 18.2 Å². The molecule has 0 saturated carbocycles. The lowest BCUT2D eigenvalue weighted by Gasteiger charge is -2.36. The number of anilines is 2. The van der Waals surface area contributed by atoms with Crippen molar-refractivity contribution in [2.24, 2.45) is 0 Å². The molecule has 2 aliphatic rings. The first kappa shape index (κ1) is 34.7. The van der Waals surface area contributed by atoms with Crippen LogP contribution in [-0.4, -0.2) is 77.7 Å². The maximum Gasteiger partial charge on any atom is 0.435 e. The van der Waals surface area contributed by atoms with Crippen LogP contribution >= 0.6 is 0 Å². The normalized spacial score (nSPS) is 15.8. The molecular weight excluding hydrogens is 647 g/mol. The summed E-state index contributed by atoms with van der Waals surface area (Å²) in [6.45, 7) is 8.18. The van der Waals surface area contributed by atoms with Gasteiger partial charge in [-0.1, -0.05) is 49.4 Å². The third-order valence-electron chi connectivity index (χ3n) is 9.23. The highest BCUT2D eigenvalue weighted by molar-refractivity contribution is 5.99. The van der Waals surface area contributed by atoms with Crippen molar-refractivity contribution in [3.8, 4) is 11.6 Å². The number of piperazine rings is 1. The number of rotatable bonds is 9. The van der Waals surface area contributed by atoms with Crippen LogP contribution < -0.4 is 20.3 Å². The quantitative estimate of drug-likeness (QED) is 0.200. The summed E-state index contributed by atoms with van der Waals surface area (Å²) in [5.41, 5.74) is 3.01. The number of aromatic nitrogens is 2. The highest BCUT2D eigenvalue weighted by atomic mass is 19.4. The largest absolute Gasteiger partial charge is 0.438 e. The number of carbonyl (C=O) groups excluding carboxylic acids is 2. The van der Waals surface area contributed by atoms with Gasteiger partial charge in [0.25, 0.3) is 5.91 Å². The number of hydrogen-bond acceptors (Lipinski definition) is 7. The Kier molecular flexibility index (Phi) is 10.8. The van der Waals surface area contributed by atoms with Gasteiger partial charge in [-0.2, -0.15) is 13.2 Å². The minimum Gasteiger partial charge on any atom is -0.438 e. The van der Waals surface area contributed by atoms with Crippen LogP contribution in [0.15, 0.2) is 84.9 Å².